The minimum absolute atomic E-state index is 0.0505. The van der Waals surface area contributed by atoms with Crippen LogP contribution in [0.15, 0.2) is 66.7 Å². The van der Waals surface area contributed by atoms with E-state index in [-0.39, 0.29) is 11.9 Å². The van der Waals surface area contributed by atoms with Gasteiger partial charge in [0.2, 0.25) is 5.91 Å². The normalized spacial score (nSPS) is 17.1. The second-order valence-corrected chi connectivity index (χ2v) is 8.29. The number of aliphatic hydroxyl groups is 1. The molecule has 0 heterocycles. The maximum absolute atomic E-state index is 11.0. The summed E-state index contributed by atoms with van der Waals surface area (Å²) >= 11 is 0. The van der Waals surface area contributed by atoms with Crippen molar-refractivity contribution >= 4 is 5.91 Å². The third-order valence-electron chi connectivity index (χ3n) is 6.05. The molecule has 1 amide bonds. The molecular weight excluding hydrogens is 400 g/mol. The first-order chi connectivity index (χ1) is 15.5. The van der Waals surface area contributed by atoms with Gasteiger partial charge in [0.05, 0.1) is 12.1 Å². The summed E-state index contributed by atoms with van der Waals surface area (Å²) in [7, 11) is 0. The minimum atomic E-state index is -0.484. The Labute approximate surface area is 189 Å². The fourth-order valence-corrected chi connectivity index (χ4v) is 4.35. The van der Waals surface area contributed by atoms with Crippen LogP contribution in [0.2, 0.25) is 0 Å². The van der Waals surface area contributed by atoms with E-state index in [0.717, 1.165) is 22.4 Å². The molecule has 2 atom stereocenters. The van der Waals surface area contributed by atoms with Crippen molar-refractivity contribution in [1.29, 1.82) is 0 Å². The Morgan fingerprint density at radius 3 is 2.66 bits per heavy atom. The van der Waals surface area contributed by atoms with E-state index in [2.05, 4.69) is 60.0 Å². The molecular formula is C27H30N2O3. The molecule has 0 aromatic heterocycles. The molecule has 5 heteroatoms. The number of nitrogens with one attached hydrogen (secondary N) is 2. The molecule has 3 N–H and O–H groups in total. The lowest BCUT2D eigenvalue weighted by atomic mass is 9.97. The number of rotatable bonds is 8. The van der Waals surface area contributed by atoms with E-state index in [1.165, 1.54) is 23.6 Å². The predicted octanol–water partition coefficient (Wildman–Crippen LogP) is 3.92. The molecule has 4 rings (SSSR count). The zero-order valence-electron chi connectivity index (χ0n) is 18.6. The van der Waals surface area contributed by atoms with Gasteiger partial charge in [-0.2, -0.15) is 0 Å². The Morgan fingerprint density at radius 2 is 1.88 bits per heavy atom. The smallest absolute Gasteiger partial charge is 0.216 e. The molecule has 0 saturated heterocycles. The predicted molar refractivity (Wildman–Crippen MR) is 127 cm³/mol. The average Bonchev–Trinajstić information content (AvgIpc) is 3.10. The first kappa shape index (κ1) is 22.1. The van der Waals surface area contributed by atoms with Crippen LogP contribution in [0.1, 0.15) is 35.2 Å². The lowest BCUT2D eigenvalue weighted by Crippen LogP contribution is -2.35. The molecule has 1 aliphatic rings. The number of hydrogen-bond donors (Lipinski definition) is 3. The number of ether oxygens (including phenoxy) is 1. The molecule has 0 bridgehead atoms. The molecule has 0 unspecified atom stereocenters. The first-order valence-corrected chi connectivity index (χ1v) is 11.1. The highest BCUT2D eigenvalue weighted by atomic mass is 16.5. The van der Waals surface area contributed by atoms with Crippen LogP contribution >= 0.6 is 0 Å². The van der Waals surface area contributed by atoms with Gasteiger partial charge in [-0.25, -0.2) is 0 Å². The van der Waals surface area contributed by atoms with E-state index in [0.29, 0.717) is 26.1 Å². The van der Waals surface area contributed by atoms with Crippen molar-refractivity contribution in [1.82, 2.24) is 10.6 Å². The third kappa shape index (κ3) is 5.01. The fourth-order valence-electron chi connectivity index (χ4n) is 4.35. The van der Waals surface area contributed by atoms with Crippen molar-refractivity contribution in [3.8, 4) is 16.9 Å². The van der Waals surface area contributed by atoms with Gasteiger partial charge in [-0.15, -0.1) is 0 Å². The summed E-state index contributed by atoms with van der Waals surface area (Å²) in [6.45, 7) is 5.27. The molecule has 3 aromatic carbocycles. The molecule has 0 aliphatic heterocycles. The zero-order valence-corrected chi connectivity index (χ0v) is 18.6. The quantitative estimate of drug-likeness (QED) is 0.474. The van der Waals surface area contributed by atoms with Crippen molar-refractivity contribution in [2.45, 2.75) is 39.0 Å². The number of fused-ring (bicyclic) bond motifs is 1. The van der Waals surface area contributed by atoms with Crippen molar-refractivity contribution in [2.24, 2.45) is 0 Å². The largest absolute Gasteiger partial charge is 0.489 e. The van der Waals surface area contributed by atoms with Gasteiger partial charge in [0.25, 0.3) is 0 Å². The van der Waals surface area contributed by atoms with Gasteiger partial charge in [-0.05, 0) is 52.4 Å². The van der Waals surface area contributed by atoms with Crippen LogP contribution in [-0.2, 0) is 17.8 Å². The van der Waals surface area contributed by atoms with Crippen LogP contribution in [-0.4, -0.2) is 30.2 Å². The van der Waals surface area contributed by atoms with Crippen LogP contribution < -0.4 is 15.4 Å². The number of aliphatic hydroxyl groups excluding tert-OH is 1. The van der Waals surface area contributed by atoms with Crippen LogP contribution in [0.4, 0.5) is 0 Å². The molecule has 5 nitrogen and oxygen atoms in total. The molecule has 3 aromatic rings. The monoisotopic (exact) mass is 430 g/mol. The molecule has 0 fully saturated rings. The summed E-state index contributed by atoms with van der Waals surface area (Å²) in [6.07, 6.45) is 0.106. The van der Waals surface area contributed by atoms with E-state index < -0.39 is 6.10 Å². The van der Waals surface area contributed by atoms with E-state index >= 15 is 0 Å². The second-order valence-electron chi connectivity index (χ2n) is 8.29. The first-order valence-electron chi connectivity index (χ1n) is 11.1. The Bertz CT molecular complexity index is 1080. The summed E-state index contributed by atoms with van der Waals surface area (Å²) in [6, 6.07) is 22.6. The number of carbonyl (C=O) groups excluding carboxylic acids is 1. The van der Waals surface area contributed by atoms with Gasteiger partial charge in [-0.1, -0.05) is 54.6 Å². The molecule has 0 radical (unpaired) electrons. The Morgan fingerprint density at radius 1 is 1.06 bits per heavy atom. The average molecular weight is 431 g/mol. The zero-order chi connectivity index (χ0) is 22.5. The van der Waals surface area contributed by atoms with Crippen molar-refractivity contribution in [2.75, 3.05) is 13.1 Å². The topological polar surface area (TPSA) is 70.6 Å². The standard InChI is InChI=1S/C27H30N2O3/c1-18-21(9-6-10-24(18)20-7-4-3-5-8-20)17-32-23-11-12-25-22(15-23)16-26(31)27(25)29-14-13-28-19(2)30/h3-12,15,26-27,29,31H,13-14,16-17H2,1-2H3,(H,28,30)/t26-,27+/m1/s1. The summed E-state index contributed by atoms with van der Waals surface area (Å²) in [5.41, 5.74) is 6.99. The summed E-state index contributed by atoms with van der Waals surface area (Å²) in [5.74, 6) is 0.755. The molecule has 0 spiro atoms. The van der Waals surface area contributed by atoms with Crippen molar-refractivity contribution in [3.05, 3.63) is 89.0 Å². The summed E-state index contributed by atoms with van der Waals surface area (Å²) in [4.78, 5) is 11.0. The number of hydrogen-bond acceptors (Lipinski definition) is 4. The van der Waals surface area contributed by atoms with Gasteiger partial charge >= 0.3 is 0 Å². The maximum Gasteiger partial charge on any atom is 0.216 e. The van der Waals surface area contributed by atoms with Gasteiger partial charge < -0.3 is 20.5 Å². The van der Waals surface area contributed by atoms with E-state index in [1.807, 2.05) is 24.3 Å². The summed E-state index contributed by atoms with van der Waals surface area (Å²) < 4.78 is 6.13. The second kappa shape index (κ2) is 9.98. The molecule has 166 valence electrons. The maximum atomic E-state index is 11.0. The number of benzene rings is 3. The van der Waals surface area contributed by atoms with E-state index in [9.17, 15) is 9.90 Å². The van der Waals surface area contributed by atoms with Crippen molar-refractivity contribution < 1.29 is 14.6 Å². The molecule has 1 aliphatic carbocycles. The van der Waals surface area contributed by atoms with E-state index in [4.69, 9.17) is 4.74 Å². The van der Waals surface area contributed by atoms with Crippen LogP contribution in [0.5, 0.6) is 5.75 Å². The van der Waals surface area contributed by atoms with E-state index in [1.54, 1.807) is 0 Å². The van der Waals surface area contributed by atoms with Gasteiger partial charge in [0.1, 0.15) is 12.4 Å². The Balaban J connectivity index is 1.42. The highest BCUT2D eigenvalue weighted by Crippen LogP contribution is 2.34. The fraction of sp³-hybridized carbons (Fsp3) is 0.296. The highest BCUT2D eigenvalue weighted by Gasteiger charge is 2.30. The Hall–Kier alpha value is -3.15. The van der Waals surface area contributed by atoms with Crippen LogP contribution in [0.25, 0.3) is 11.1 Å². The number of carbonyl (C=O) groups is 1. The van der Waals surface area contributed by atoms with Gasteiger partial charge in [0.15, 0.2) is 0 Å². The molecule has 0 saturated carbocycles. The highest BCUT2D eigenvalue weighted by molar-refractivity contribution is 5.72. The third-order valence-corrected chi connectivity index (χ3v) is 6.05. The SMILES string of the molecule is CC(=O)NCCN[C@H]1c2ccc(OCc3cccc(-c4ccccc4)c3C)cc2C[C@H]1O. The number of amides is 1. The lowest BCUT2D eigenvalue weighted by molar-refractivity contribution is -0.118. The Kier molecular flexibility index (Phi) is 6.88. The molecule has 32 heavy (non-hydrogen) atoms. The van der Waals surface area contributed by atoms with Crippen LogP contribution in [0.3, 0.4) is 0 Å². The summed E-state index contributed by atoms with van der Waals surface area (Å²) in [5, 5.41) is 16.6. The lowest BCUT2D eigenvalue weighted by Gasteiger charge is -2.18. The van der Waals surface area contributed by atoms with Gasteiger partial charge in [-0.3, -0.25) is 4.79 Å². The minimum Gasteiger partial charge on any atom is -0.489 e. The van der Waals surface area contributed by atoms with Crippen molar-refractivity contribution in [3.63, 3.8) is 0 Å². The van der Waals surface area contributed by atoms with Gasteiger partial charge in [0, 0.05) is 26.4 Å². The van der Waals surface area contributed by atoms with Crippen LogP contribution in [0, 0.1) is 6.92 Å².